The second-order valence-electron chi connectivity index (χ2n) is 8.52. The average Bonchev–Trinajstić information content (AvgIpc) is 2.84. The first-order valence-electron chi connectivity index (χ1n) is 9.97. The molecular formula is C22H30N2O3. The van der Waals surface area contributed by atoms with Crippen LogP contribution in [0.1, 0.15) is 70.8 Å². The molecule has 1 saturated carbocycles. The predicted octanol–water partition coefficient (Wildman–Crippen LogP) is 4.42. The molecule has 1 aliphatic carbocycles. The van der Waals surface area contributed by atoms with E-state index in [0.717, 1.165) is 0 Å². The van der Waals surface area contributed by atoms with E-state index < -0.39 is 17.4 Å². The van der Waals surface area contributed by atoms with Crippen LogP contribution in [0, 0.1) is 5.92 Å². The zero-order chi connectivity index (χ0) is 19.6. The van der Waals surface area contributed by atoms with Gasteiger partial charge in [0.25, 0.3) is 11.8 Å². The molecule has 0 aromatic heterocycles. The highest BCUT2D eigenvalue weighted by Crippen LogP contribution is 2.34. The minimum atomic E-state index is -0.886. The van der Waals surface area contributed by atoms with Gasteiger partial charge in [-0.15, -0.1) is 0 Å². The third kappa shape index (κ3) is 4.18. The molecule has 0 radical (unpaired) electrons. The molecule has 5 nitrogen and oxygen atoms in total. The third-order valence-electron chi connectivity index (χ3n) is 5.66. The van der Waals surface area contributed by atoms with Crippen molar-refractivity contribution in [1.82, 2.24) is 5.32 Å². The molecule has 0 spiro atoms. The van der Waals surface area contributed by atoms with Crippen LogP contribution in [0.25, 0.3) is 0 Å². The lowest BCUT2D eigenvalue weighted by molar-refractivity contribution is -0.121. The number of hydrogen-bond donors (Lipinski definition) is 3. The van der Waals surface area contributed by atoms with Crippen molar-refractivity contribution in [2.45, 2.75) is 70.8 Å². The van der Waals surface area contributed by atoms with Crippen LogP contribution in [0.15, 0.2) is 35.6 Å². The van der Waals surface area contributed by atoms with Crippen LogP contribution in [0.3, 0.4) is 0 Å². The summed E-state index contributed by atoms with van der Waals surface area (Å²) >= 11 is 0. The Kier molecular flexibility index (Phi) is 5.59. The van der Waals surface area contributed by atoms with Crippen molar-refractivity contribution in [3.05, 3.63) is 41.2 Å². The van der Waals surface area contributed by atoms with Crippen molar-refractivity contribution in [2.24, 2.45) is 5.92 Å². The molecule has 2 amide bonds. The predicted molar refractivity (Wildman–Crippen MR) is 107 cm³/mol. The summed E-state index contributed by atoms with van der Waals surface area (Å²) < 4.78 is 0. The van der Waals surface area contributed by atoms with Crippen molar-refractivity contribution in [3.63, 3.8) is 0 Å². The van der Waals surface area contributed by atoms with E-state index in [1.165, 1.54) is 37.7 Å². The molecule has 1 aromatic carbocycles. The fraction of sp³-hybridized carbons (Fsp3) is 0.545. The van der Waals surface area contributed by atoms with Gasteiger partial charge in [0, 0.05) is 5.69 Å². The Balaban J connectivity index is 1.72. The van der Waals surface area contributed by atoms with E-state index in [-0.39, 0.29) is 17.3 Å². The number of benzene rings is 1. The number of rotatable bonds is 5. The number of carbonyl (C=O) groups is 2. The van der Waals surface area contributed by atoms with E-state index in [0.29, 0.717) is 18.0 Å². The third-order valence-corrected chi connectivity index (χ3v) is 5.66. The second kappa shape index (κ2) is 7.75. The number of aliphatic hydroxyl groups is 1. The van der Waals surface area contributed by atoms with Crippen LogP contribution in [-0.4, -0.2) is 22.5 Å². The Bertz CT molecular complexity index is 745. The standard InChI is InChI=1S/C22H30N2O3/c1-14(2)13-22(3)19(25)18(21(27)24-22)20(26)23-17-11-9-16(10-12-17)15-7-5-4-6-8-15/h9-12,14-15,25H,4-8,13H2,1-3H3,(H,23,26)(H,24,27). The Morgan fingerprint density at radius 2 is 1.85 bits per heavy atom. The lowest BCUT2D eigenvalue weighted by Gasteiger charge is -2.26. The summed E-state index contributed by atoms with van der Waals surface area (Å²) in [6, 6.07) is 7.86. The highest BCUT2D eigenvalue weighted by Gasteiger charge is 2.44. The molecule has 0 bridgehead atoms. The van der Waals surface area contributed by atoms with Crippen LogP contribution in [-0.2, 0) is 9.59 Å². The number of hydrogen-bond acceptors (Lipinski definition) is 3. The molecule has 0 saturated heterocycles. The van der Waals surface area contributed by atoms with Gasteiger partial charge in [0.1, 0.15) is 11.3 Å². The maximum atomic E-state index is 12.6. The summed E-state index contributed by atoms with van der Waals surface area (Å²) in [6.45, 7) is 5.77. The summed E-state index contributed by atoms with van der Waals surface area (Å²) in [7, 11) is 0. The number of nitrogens with one attached hydrogen (secondary N) is 2. The van der Waals surface area contributed by atoms with Gasteiger partial charge in [-0.05, 0) is 55.7 Å². The Morgan fingerprint density at radius 3 is 2.44 bits per heavy atom. The topological polar surface area (TPSA) is 78.4 Å². The molecule has 5 heteroatoms. The molecule has 1 heterocycles. The van der Waals surface area contributed by atoms with Crippen LogP contribution in [0.4, 0.5) is 5.69 Å². The van der Waals surface area contributed by atoms with Crippen LogP contribution < -0.4 is 10.6 Å². The van der Waals surface area contributed by atoms with E-state index in [1.807, 2.05) is 26.0 Å². The number of anilines is 1. The lowest BCUT2D eigenvalue weighted by Crippen LogP contribution is -2.42. The molecule has 27 heavy (non-hydrogen) atoms. The highest BCUT2D eigenvalue weighted by molar-refractivity contribution is 6.24. The van der Waals surface area contributed by atoms with Crippen molar-refractivity contribution in [1.29, 1.82) is 0 Å². The Labute approximate surface area is 161 Å². The van der Waals surface area contributed by atoms with Crippen LogP contribution in [0.2, 0.25) is 0 Å². The van der Waals surface area contributed by atoms with E-state index in [1.54, 1.807) is 6.92 Å². The van der Waals surface area contributed by atoms with Gasteiger partial charge in [0.05, 0.1) is 5.54 Å². The van der Waals surface area contributed by atoms with Gasteiger partial charge in [-0.2, -0.15) is 0 Å². The first-order chi connectivity index (χ1) is 12.8. The summed E-state index contributed by atoms with van der Waals surface area (Å²) in [5, 5.41) is 16.0. The second-order valence-corrected chi connectivity index (χ2v) is 8.52. The SMILES string of the molecule is CC(C)CC1(C)NC(=O)C(C(=O)Nc2ccc(C3CCCCC3)cc2)=C1O. The zero-order valence-corrected chi connectivity index (χ0v) is 16.5. The molecule has 146 valence electrons. The van der Waals surface area contributed by atoms with Gasteiger partial charge in [0.15, 0.2) is 0 Å². The van der Waals surface area contributed by atoms with Crippen LogP contribution in [0.5, 0.6) is 0 Å². The van der Waals surface area contributed by atoms with Gasteiger partial charge in [0.2, 0.25) is 0 Å². The largest absolute Gasteiger partial charge is 0.509 e. The molecule has 2 aliphatic rings. The van der Waals surface area contributed by atoms with Crippen LogP contribution >= 0.6 is 0 Å². The normalized spacial score (nSPS) is 23.6. The zero-order valence-electron chi connectivity index (χ0n) is 16.5. The van der Waals surface area contributed by atoms with E-state index in [2.05, 4.69) is 22.8 Å². The van der Waals surface area contributed by atoms with Crippen molar-refractivity contribution in [2.75, 3.05) is 5.32 Å². The maximum absolute atomic E-state index is 12.6. The van der Waals surface area contributed by atoms with Gasteiger partial charge in [-0.1, -0.05) is 45.2 Å². The summed E-state index contributed by atoms with van der Waals surface area (Å²) in [5.74, 6) is -0.382. The first-order valence-corrected chi connectivity index (χ1v) is 9.97. The molecule has 1 fully saturated rings. The molecule has 3 rings (SSSR count). The summed E-state index contributed by atoms with van der Waals surface area (Å²) in [6.07, 6.45) is 6.89. The summed E-state index contributed by atoms with van der Waals surface area (Å²) in [4.78, 5) is 24.9. The smallest absolute Gasteiger partial charge is 0.264 e. The summed E-state index contributed by atoms with van der Waals surface area (Å²) in [5.41, 5.74) is 0.862. The lowest BCUT2D eigenvalue weighted by atomic mass is 9.84. The molecule has 1 atom stereocenters. The van der Waals surface area contributed by atoms with Gasteiger partial charge >= 0.3 is 0 Å². The van der Waals surface area contributed by atoms with Gasteiger partial charge in [-0.3, -0.25) is 9.59 Å². The minimum absolute atomic E-state index is 0.169. The first kappa shape index (κ1) is 19.5. The monoisotopic (exact) mass is 370 g/mol. The number of carbonyl (C=O) groups excluding carboxylic acids is 2. The van der Waals surface area contributed by atoms with Crippen molar-refractivity contribution >= 4 is 17.5 Å². The average molecular weight is 370 g/mol. The van der Waals surface area contributed by atoms with Crippen molar-refractivity contribution in [3.8, 4) is 0 Å². The van der Waals surface area contributed by atoms with E-state index >= 15 is 0 Å². The fourth-order valence-corrected chi connectivity index (χ4v) is 4.40. The Hall–Kier alpha value is -2.30. The molecule has 1 aromatic rings. The highest BCUT2D eigenvalue weighted by atomic mass is 16.3. The molecule has 3 N–H and O–H groups in total. The molecule has 1 aliphatic heterocycles. The number of amides is 2. The Morgan fingerprint density at radius 1 is 1.22 bits per heavy atom. The minimum Gasteiger partial charge on any atom is -0.509 e. The number of aliphatic hydroxyl groups excluding tert-OH is 1. The molecule has 1 unspecified atom stereocenters. The van der Waals surface area contributed by atoms with Gasteiger partial charge < -0.3 is 15.7 Å². The van der Waals surface area contributed by atoms with E-state index in [9.17, 15) is 14.7 Å². The molecular weight excluding hydrogens is 340 g/mol. The maximum Gasteiger partial charge on any atom is 0.264 e. The van der Waals surface area contributed by atoms with Crippen molar-refractivity contribution < 1.29 is 14.7 Å². The fourth-order valence-electron chi connectivity index (χ4n) is 4.40. The van der Waals surface area contributed by atoms with Gasteiger partial charge in [-0.25, -0.2) is 0 Å². The van der Waals surface area contributed by atoms with E-state index in [4.69, 9.17) is 0 Å². The quantitative estimate of drug-likeness (QED) is 0.671.